The van der Waals surface area contributed by atoms with Crippen LogP contribution < -0.4 is 11.1 Å². The predicted octanol–water partition coefficient (Wildman–Crippen LogP) is 0.834. The molecule has 5 nitrogen and oxygen atoms in total. The largest absolute Gasteiger partial charge is 0.374 e. The number of hydrogen-bond donors (Lipinski definition) is 2. The highest BCUT2D eigenvalue weighted by molar-refractivity contribution is 5.76. The molecule has 0 aromatic heterocycles. The average molecular weight is 285 g/mol. The van der Waals surface area contributed by atoms with Crippen LogP contribution in [0.15, 0.2) is 0 Å². The Bertz CT molecular complexity index is 284. The molecule has 0 aromatic rings. The predicted molar refractivity (Wildman–Crippen MR) is 81.5 cm³/mol. The van der Waals surface area contributed by atoms with E-state index in [-0.39, 0.29) is 17.9 Å². The fourth-order valence-electron chi connectivity index (χ4n) is 2.68. The van der Waals surface area contributed by atoms with Gasteiger partial charge in [0, 0.05) is 26.1 Å². The zero-order valence-electron chi connectivity index (χ0n) is 13.2. The van der Waals surface area contributed by atoms with Crippen molar-refractivity contribution in [3.05, 3.63) is 0 Å². The molecule has 1 amide bonds. The number of likely N-dealkylation sites (N-methyl/N-ethyl adjacent to an activating group) is 1. The molecule has 1 unspecified atom stereocenters. The monoisotopic (exact) mass is 285 g/mol. The van der Waals surface area contributed by atoms with Gasteiger partial charge in [0.1, 0.15) is 0 Å². The fourth-order valence-corrected chi connectivity index (χ4v) is 2.68. The molecule has 0 spiro atoms. The van der Waals surface area contributed by atoms with Crippen LogP contribution >= 0.6 is 0 Å². The summed E-state index contributed by atoms with van der Waals surface area (Å²) in [5.74, 6) is 0.962. The lowest BCUT2D eigenvalue weighted by Gasteiger charge is -2.32. The molecule has 1 rings (SSSR count). The average Bonchev–Trinajstić information content (AvgIpc) is 2.44. The summed E-state index contributed by atoms with van der Waals surface area (Å²) in [7, 11) is 0. The SMILES string of the molecule is CCN1CCOC(CNC(=O)C[C@@H](CN)CC(C)C)C1. The maximum Gasteiger partial charge on any atom is 0.220 e. The molecule has 5 heteroatoms. The number of hydrogen-bond acceptors (Lipinski definition) is 4. The van der Waals surface area contributed by atoms with Crippen molar-refractivity contribution in [2.24, 2.45) is 17.6 Å². The molecule has 0 aliphatic carbocycles. The lowest BCUT2D eigenvalue weighted by Crippen LogP contribution is -2.47. The molecule has 1 saturated heterocycles. The third-order valence-corrected chi connectivity index (χ3v) is 3.81. The number of nitrogens with two attached hydrogens (primary N) is 1. The number of nitrogens with zero attached hydrogens (tertiary/aromatic N) is 1. The third-order valence-electron chi connectivity index (χ3n) is 3.81. The number of carbonyl (C=O) groups is 1. The summed E-state index contributed by atoms with van der Waals surface area (Å²) >= 11 is 0. The van der Waals surface area contributed by atoms with E-state index < -0.39 is 0 Å². The molecule has 1 heterocycles. The molecule has 0 aromatic carbocycles. The lowest BCUT2D eigenvalue weighted by atomic mass is 9.94. The van der Waals surface area contributed by atoms with E-state index in [4.69, 9.17) is 10.5 Å². The van der Waals surface area contributed by atoms with Crippen molar-refractivity contribution in [2.75, 3.05) is 39.3 Å². The maximum absolute atomic E-state index is 12.0. The maximum atomic E-state index is 12.0. The zero-order valence-corrected chi connectivity index (χ0v) is 13.2. The summed E-state index contributed by atoms with van der Waals surface area (Å²) in [5, 5.41) is 2.99. The molecule has 1 aliphatic rings. The van der Waals surface area contributed by atoms with Crippen LogP contribution in [-0.2, 0) is 9.53 Å². The van der Waals surface area contributed by atoms with Gasteiger partial charge in [-0.3, -0.25) is 9.69 Å². The van der Waals surface area contributed by atoms with Gasteiger partial charge in [0.25, 0.3) is 0 Å². The highest BCUT2D eigenvalue weighted by Crippen LogP contribution is 2.14. The van der Waals surface area contributed by atoms with Crippen molar-refractivity contribution in [1.82, 2.24) is 10.2 Å². The number of amides is 1. The summed E-state index contributed by atoms with van der Waals surface area (Å²) in [6, 6.07) is 0. The second-order valence-electron chi connectivity index (χ2n) is 6.13. The first kappa shape index (κ1) is 17.4. The van der Waals surface area contributed by atoms with Crippen molar-refractivity contribution < 1.29 is 9.53 Å². The molecule has 0 saturated carbocycles. The van der Waals surface area contributed by atoms with Crippen LogP contribution in [-0.4, -0.2) is 56.2 Å². The van der Waals surface area contributed by atoms with E-state index in [0.29, 0.717) is 25.4 Å². The second-order valence-corrected chi connectivity index (χ2v) is 6.13. The first-order valence-corrected chi connectivity index (χ1v) is 7.85. The van der Waals surface area contributed by atoms with Gasteiger partial charge in [0.15, 0.2) is 0 Å². The van der Waals surface area contributed by atoms with Crippen LogP contribution in [0.25, 0.3) is 0 Å². The van der Waals surface area contributed by atoms with Crippen molar-refractivity contribution in [3.8, 4) is 0 Å². The van der Waals surface area contributed by atoms with E-state index in [1.54, 1.807) is 0 Å². The van der Waals surface area contributed by atoms with Gasteiger partial charge < -0.3 is 15.8 Å². The Hall–Kier alpha value is -0.650. The normalized spacial score (nSPS) is 21.9. The smallest absolute Gasteiger partial charge is 0.220 e. The summed E-state index contributed by atoms with van der Waals surface area (Å²) in [6.07, 6.45) is 1.65. The van der Waals surface area contributed by atoms with Gasteiger partial charge in [-0.2, -0.15) is 0 Å². The minimum absolute atomic E-state index is 0.0957. The summed E-state index contributed by atoms with van der Waals surface area (Å²) in [4.78, 5) is 14.3. The van der Waals surface area contributed by atoms with Gasteiger partial charge in [-0.15, -0.1) is 0 Å². The molecule has 0 radical (unpaired) electrons. The Kier molecular flexibility index (Phi) is 8.11. The number of morpholine rings is 1. The molecule has 3 N–H and O–H groups in total. The third kappa shape index (κ3) is 6.68. The topological polar surface area (TPSA) is 67.6 Å². The van der Waals surface area contributed by atoms with Gasteiger partial charge in [-0.1, -0.05) is 20.8 Å². The Morgan fingerprint density at radius 2 is 2.25 bits per heavy atom. The van der Waals surface area contributed by atoms with Crippen molar-refractivity contribution in [2.45, 2.75) is 39.7 Å². The van der Waals surface area contributed by atoms with Gasteiger partial charge in [0.2, 0.25) is 5.91 Å². The Morgan fingerprint density at radius 1 is 1.50 bits per heavy atom. The van der Waals surface area contributed by atoms with E-state index in [2.05, 4.69) is 31.0 Å². The highest BCUT2D eigenvalue weighted by Gasteiger charge is 2.20. The molecular weight excluding hydrogens is 254 g/mol. The molecule has 1 aliphatic heterocycles. The van der Waals surface area contributed by atoms with Gasteiger partial charge in [-0.05, 0) is 31.3 Å². The van der Waals surface area contributed by atoms with Crippen LogP contribution in [0.4, 0.5) is 0 Å². The van der Waals surface area contributed by atoms with E-state index in [1.165, 1.54) is 0 Å². The van der Waals surface area contributed by atoms with Crippen LogP contribution in [0, 0.1) is 11.8 Å². The van der Waals surface area contributed by atoms with Crippen molar-refractivity contribution in [1.29, 1.82) is 0 Å². The Balaban J connectivity index is 2.24. The number of rotatable bonds is 8. The Morgan fingerprint density at radius 3 is 2.85 bits per heavy atom. The first-order chi connectivity index (χ1) is 9.55. The van der Waals surface area contributed by atoms with Crippen LogP contribution in [0.1, 0.15) is 33.6 Å². The van der Waals surface area contributed by atoms with Gasteiger partial charge in [0.05, 0.1) is 12.7 Å². The van der Waals surface area contributed by atoms with Crippen LogP contribution in [0.3, 0.4) is 0 Å². The first-order valence-electron chi connectivity index (χ1n) is 7.85. The molecule has 0 bridgehead atoms. The number of ether oxygens (including phenoxy) is 1. The number of carbonyl (C=O) groups excluding carboxylic acids is 1. The summed E-state index contributed by atoms with van der Waals surface area (Å²) in [5.41, 5.74) is 5.73. The molecule has 1 fully saturated rings. The molecule has 118 valence electrons. The fraction of sp³-hybridized carbons (Fsp3) is 0.933. The van der Waals surface area contributed by atoms with E-state index in [9.17, 15) is 4.79 Å². The quantitative estimate of drug-likeness (QED) is 0.693. The molecule has 2 atom stereocenters. The molecular formula is C15H31N3O2. The Labute approximate surface area is 123 Å². The van der Waals surface area contributed by atoms with E-state index in [0.717, 1.165) is 32.7 Å². The van der Waals surface area contributed by atoms with Gasteiger partial charge in [-0.25, -0.2) is 0 Å². The zero-order chi connectivity index (χ0) is 15.0. The minimum atomic E-state index is 0.0957. The lowest BCUT2D eigenvalue weighted by molar-refractivity contribution is -0.123. The van der Waals surface area contributed by atoms with Crippen molar-refractivity contribution >= 4 is 5.91 Å². The second kappa shape index (κ2) is 9.32. The van der Waals surface area contributed by atoms with Crippen molar-refractivity contribution in [3.63, 3.8) is 0 Å². The van der Waals surface area contributed by atoms with Gasteiger partial charge >= 0.3 is 0 Å². The van der Waals surface area contributed by atoms with E-state index in [1.807, 2.05) is 0 Å². The van der Waals surface area contributed by atoms with Crippen LogP contribution in [0.2, 0.25) is 0 Å². The summed E-state index contributed by atoms with van der Waals surface area (Å²) < 4.78 is 5.68. The van der Waals surface area contributed by atoms with E-state index >= 15 is 0 Å². The summed E-state index contributed by atoms with van der Waals surface area (Å²) in [6.45, 7) is 11.4. The molecule has 20 heavy (non-hydrogen) atoms. The number of nitrogens with one attached hydrogen (secondary N) is 1. The highest BCUT2D eigenvalue weighted by atomic mass is 16.5. The minimum Gasteiger partial charge on any atom is -0.374 e. The van der Waals surface area contributed by atoms with Crippen LogP contribution in [0.5, 0.6) is 0 Å². The standard InChI is InChI=1S/C15H31N3O2/c1-4-18-5-6-20-14(11-18)10-17-15(19)8-13(9-16)7-12(2)3/h12-14H,4-11,16H2,1-3H3,(H,17,19)/t13-,14?/m0/s1.